The molecule has 2 aromatic carbocycles. The molecule has 246 valence electrons. The van der Waals surface area contributed by atoms with E-state index in [-0.39, 0.29) is 23.5 Å². The highest BCUT2D eigenvalue weighted by molar-refractivity contribution is 6.35. The lowest BCUT2D eigenvalue weighted by Crippen LogP contribution is -2.55. The van der Waals surface area contributed by atoms with Crippen molar-refractivity contribution < 1.29 is 14.3 Å². The summed E-state index contributed by atoms with van der Waals surface area (Å²) in [6.07, 6.45) is 3.08. The molecule has 47 heavy (non-hydrogen) atoms. The SMILES string of the molecule is CC(C)(C)OC(=O)N1CC(n2cc(-c3cc(Cl)cc(Cl)c3)nn2)C[C@@H]1C(=O)N1CCN(c2cnn(-c3ccccc3)c(=O)c2Cl)CC1. The fourth-order valence-corrected chi connectivity index (χ4v) is 6.60. The van der Waals surface area contributed by atoms with Crippen molar-refractivity contribution in [3.05, 3.63) is 86.3 Å². The highest BCUT2D eigenvalue weighted by Gasteiger charge is 2.44. The molecular formula is C32H33Cl3N8O4. The summed E-state index contributed by atoms with van der Waals surface area (Å²) >= 11 is 18.9. The summed E-state index contributed by atoms with van der Waals surface area (Å²) in [6.45, 7) is 7.15. The molecule has 0 radical (unpaired) electrons. The van der Waals surface area contributed by atoms with E-state index < -0.39 is 23.3 Å². The molecule has 0 aliphatic carbocycles. The van der Waals surface area contributed by atoms with E-state index in [1.54, 1.807) is 73.1 Å². The Kier molecular flexibility index (Phi) is 9.19. The van der Waals surface area contributed by atoms with Crippen molar-refractivity contribution >= 4 is 52.5 Å². The van der Waals surface area contributed by atoms with Gasteiger partial charge in [-0.3, -0.25) is 14.5 Å². The van der Waals surface area contributed by atoms with Crippen molar-refractivity contribution in [2.24, 2.45) is 0 Å². The van der Waals surface area contributed by atoms with E-state index in [0.717, 1.165) is 0 Å². The summed E-state index contributed by atoms with van der Waals surface area (Å²) < 4.78 is 8.62. The van der Waals surface area contributed by atoms with Crippen molar-refractivity contribution in [3.63, 3.8) is 0 Å². The van der Waals surface area contributed by atoms with Crippen LogP contribution in [0.4, 0.5) is 10.5 Å². The number of aromatic nitrogens is 5. The minimum Gasteiger partial charge on any atom is -0.444 e. The van der Waals surface area contributed by atoms with Crippen molar-refractivity contribution in [3.8, 4) is 16.9 Å². The summed E-state index contributed by atoms with van der Waals surface area (Å²) in [4.78, 5) is 45.6. The second-order valence-electron chi connectivity index (χ2n) is 12.5. The summed E-state index contributed by atoms with van der Waals surface area (Å²) in [5, 5.41) is 14.0. The van der Waals surface area contributed by atoms with E-state index in [0.29, 0.717) is 65.3 Å². The van der Waals surface area contributed by atoms with Crippen LogP contribution in [0.3, 0.4) is 0 Å². The van der Waals surface area contributed by atoms with E-state index in [2.05, 4.69) is 15.4 Å². The predicted molar refractivity (Wildman–Crippen MR) is 179 cm³/mol. The number of hydrogen-bond donors (Lipinski definition) is 0. The van der Waals surface area contributed by atoms with Crippen molar-refractivity contribution in [1.82, 2.24) is 34.6 Å². The Hall–Kier alpha value is -4.13. The number of hydrogen-bond acceptors (Lipinski definition) is 8. The fourth-order valence-electron chi connectivity index (χ4n) is 5.83. The molecule has 2 aliphatic heterocycles. The second kappa shape index (κ2) is 13.2. The first-order chi connectivity index (χ1) is 22.4. The number of carbonyl (C=O) groups excluding carboxylic acids is 2. The smallest absolute Gasteiger partial charge is 0.411 e. The summed E-state index contributed by atoms with van der Waals surface area (Å²) in [7, 11) is 0. The van der Waals surface area contributed by atoms with Crippen LogP contribution in [0, 0.1) is 0 Å². The number of halogens is 3. The number of carbonyl (C=O) groups is 2. The van der Waals surface area contributed by atoms with Gasteiger partial charge in [-0.25, -0.2) is 9.48 Å². The monoisotopic (exact) mass is 698 g/mol. The van der Waals surface area contributed by atoms with Crippen molar-refractivity contribution in [1.29, 1.82) is 0 Å². The molecule has 6 rings (SSSR count). The third-order valence-electron chi connectivity index (χ3n) is 8.07. The van der Waals surface area contributed by atoms with Crippen LogP contribution in [0.5, 0.6) is 0 Å². The molecule has 2 saturated heterocycles. The Labute approximate surface area is 286 Å². The molecule has 2 fully saturated rings. The van der Waals surface area contributed by atoms with Gasteiger partial charge >= 0.3 is 6.09 Å². The molecule has 2 aliphatic rings. The molecule has 0 saturated carbocycles. The van der Waals surface area contributed by atoms with E-state index in [4.69, 9.17) is 39.5 Å². The van der Waals surface area contributed by atoms with Gasteiger partial charge in [0.2, 0.25) is 5.91 Å². The number of amides is 2. The first-order valence-corrected chi connectivity index (χ1v) is 16.3. The Bertz CT molecular complexity index is 1830. The first-order valence-electron chi connectivity index (χ1n) is 15.1. The van der Waals surface area contributed by atoms with Crippen molar-refractivity contribution in [2.75, 3.05) is 37.6 Å². The maximum absolute atomic E-state index is 14.0. The number of benzene rings is 2. The van der Waals surface area contributed by atoms with Crippen LogP contribution >= 0.6 is 34.8 Å². The number of piperazine rings is 1. The van der Waals surface area contributed by atoms with Gasteiger partial charge in [0.05, 0.1) is 29.8 Å². The third-order valence-corrected chi connectivity index (χ3v) is 8.86. The number of para-hydroxylation sites is 1. The first kappa shape index (κ1) is 32.8. The molecular weight excluding hydrogens is 667 g/mol. The number of nitrogens with zero attached hydrogens (tertiary/aromatic N) is 8. The zero-order valence-corrected chi connectivity index (χ0v) is 28.3. The Morgan fingerprint density at radius 3 is 2.30 bits per heavy atom. The number of ether oxygens (including phenoxy) is 1. The molecule has 15 heteroatoms. The quantitative estimate of drug-likeness (QED) is 0.274. The summed E-state index contributed by atoms with van der Waals surface area (Å²) in [6, 6.07) is 13.1. The minimum absolute atomic E-state index is 0.0608. The van der Waals surface area contributed by atoms with Gasteiger partial charge in [-0.2, -0.15) is 9.78 Å². The maximum Gasteiger partial charge on any atom is 0.411 e. The summed E-state index contributed by atoms with van der Waals surface area (Å²) in [5.74, 6) is -0.191. The average molecular weight is 700 g/mol. The van der Waals surface area contributed by atoms with E-state index in [1.165, 1.54) is 9.58 Å². The molecule has 4 aromatic rings. The molecule has 0 bridgehead atoms. The Balaban J connectivity index is 1.18. The number of likely N-dealkylation sites (tertiary alicyclic amines) is 1. The average Bonchev–Trinajstić information content (AvgIpc) is 3.70. The highest BCUT2D eigenvalue weighted by Crippen LogP contribution is 2.33. The Morgan fingerprint density at radius 1 is 0.957 bits per heavy atom. The molecule has 0 N–H and O–H groups in total. The molecule has 2 aromatic heterocycles. The van der Waals surface area contributed by atoms with Crippen LogP contribution in [0.2, 0.25) is 15.1 Å². The third kappa shape index (κ3) is 7.09. The lowest BCUT2D eigenvalue weighted by molar-refractivity contribution is -0.136. The van der Waals surface area contributed by atoms with Crippen LogP contribution in [0.1, 0.15) is 33.2 Å². The number of rotatable bonds is 5. The molecule has 2 amide bonds. The lowest BCUT2D eigenvalue weighted by atomic mass is 10.1. The van der Waals surface area contributed by atoms with E-state index in [1.807, 2.05) is 23.1 Å². The Morgan fingerprint density at radius 2 is 1.64 bits per heavy atom. The van der Waals surface area contributed by atoms with Crippen LogP contribution in [0.25, 0.3) is 16.9 Å². The minimum atomic E-state index is -0.769. The van der Waals surface area contributed by atoms with Crippen LogP contribution in [-0.4, -0.2) is 90.9 Å². The van der Waals surface area contributed by atoms with Gasteiger partial charge in [-0.1, -0.05) is 58.2 Å². The maximum atomic E-state index is 14.0. The molecule has 4 heterocycles. The summed E-state index contributed by atoms with van der Waals surface area (Å²) in [5.41, 5.74) is 1.22. The molecule has 1 unspecified atom stereocenters. The van der Waals surface area contributed by atoms with Gasteiger partial charge in [0.15, 0.2) is 0 Å². The van der Waals surface area contributed by atoms with Crippen LogP contribution in [-0.2, 0) is 9.53 Å². The largest absolute Gasteiger partial charge is 0.444 e. The zero-order chi connectivity index (χ0) is 33.5. The standard InChI is InChI=1S/C32H33Cl3N8O4/c1-32(2,3)47-31(46)41-18-24(42-19-25(37-38-42)20-13-21(33)15-22(34)14-20)16-26(41)29(44)40-11-9-39(10-12-40)27-17-36-43(30(45)28(27)35)23-7-5-4-6-8-23/h4-8,13-15,17,19,24,26H,9-12,16,18H2,1-3H3/t24?,26-/m1/s1. The second-order valence-corrected chi connectivity index (χ2v) is 13.7. The topological polar surface area (TPSA) is 119 Å². The van der Waals surface area contributed by atoms with Gasteiger partial charge in [-0.15, -0.1) is 5.10 Å². The van der Waals surface area contributed by atoms with Crippen LogP contribution in [0.15, 0.2) is 65.7 Å². The van der Waals surface area contributed by atoms with Gasteiger partial charge in [0, 0.05) is 54.8 Å². The highest BCUT2D eigenvalue weighted by atomic mass is 35.5. The van der Waals surface area contributed by atoms with Gasteiger partial charge < -0.3 is 14.5 Å². The molecule has 0 spiro atoms. The molecule has 12 nitrogen and oxygen atoms in total. The van der Waals surface area contributed by atoms with Crippen molar-refractivity contribution in [2.45, 2.75) is 44.9 Å². The van der Waals surface area contributed by atoms with E-state index >= 15 is 0 Å². The normalized spacial score (nSPS) is 18.5. The zero-order valence-electron chi connectivity index (χ0n) is 26.0. The van der Waals surface area contributed by atoms with Crippen LogP contribution < -0.4 is 10.5 Å². The predicted octanol–water partition coefficient (Wildman–Crippen LogP) is 5.35. The van der Waals surface area contributed by atoms with E-state index in [9.17, 15) is 14.4 Å². The van der Waals surface area contributed by atoms with Gasteiger partial charge in [-0.05, 0) is 51.1 Å². The molecule has 2 atom stereocenters. The lowest BCUT2D eigenvalue weighted by Gasteiger charge is -2.38. The van der Waals surface area contributed by atoms with Gasteiger partial charge in [0.1, 0.15) is 22.4 Å². The fraction of sp³-hybridized carbons (Fsp3) is 0.375. The van der Waals surface area contributed by atoms with Gasteiger partial charge in [0.25, 0.3) is 5.56 Å². The number of anilines is 1.